The summed E-state index contributed by atoms with van der Waals surface area (Å²) in [6.07, 6.45) is -4.96. The van der Waals surface area contributed by atoms with E-state index in [-0.39, 0.29) is 6.07 Å². The van der Waals surface area contributed by atoms with Gasteiger partial charge in [0.25, 0.3) is 9.84 Å². The third kappa shape index (κ3) is 2.91. The van der Waals surface area contributed by atoms with Crippen LogP contribution in [-0.4, -0.2) is 13.9 Å². The molecule has 0 aliphatic rings. The van der Waals surface area contributed by atoms with E-state index in [2.05, 4.69) is 12.6 Å². The van der Waals surface area contributed by atoms with Crippen LogP contribution in [-0.2, 0) is 16.0 Å². The molecule has 0 radical (unpaired) electrons. The highest BCUT2D eigenvalue weighted by molar-refractivity contribution is 7.92. The van der Waals surface area contributed by atoms with Crippen LogP contribution >= 0.6 is 12.6 Å². The maximum absolute atomic E-state index is 12.3. The van der Waals surface area contributed by atoms with Gasteiger partial charge in [0.15, 0.2) is 0 Å². The van der Waals surface area contributed by atoms with Gasteiger partial charge in [-0.3, -0.25) is 0 Å². The van der Waals surface area contributed by atoms with Crippen molar-refractivity contribution in [3.05, 3.63) is 23.8 Å². The first-order valence-corrected chi connectivity index (χ1v) is 6.01. The Morgan fingerprint density at radius 3 is 1.83 bits per heavy atom. The lowest BCUT2D eigenvalue weighted by Gasteiger charge is -2.12. The molecule has 0 aliphatic carbocycles. The lowest BCUT2D eigenvalue weighted by molar-refractivity contribution is -0.137. The Morgan fingerprint density at radius 2 is 1.44 bits per heavy atom. The lowest BCUT2D eigenvalue weighted by Crippen LogP contribution is -2.23. The zero-order valence-corrected chi connectivity index (χ0v) is 9.88. The minimum atomic E-state index is -5.83. The van der Waals surface area contributed by atoms with Crippen molar-refractivity contribution in [2.24, 2.45) is 0 Å². The molecule has 0 fully saturated rings. The number of sulfone groups is 1. The SMILES string of the molecule is O=S(=O)(c1cc(S)cc(C(F)(F)F)c1)C(F)(F)F. The van der Waals surface area contributed by atoms with E-state index in [9.17, 15) is 34.8 Å². The minimum absolute atomic E-state index is 0.0808. The molecule has 0 atom stereocenters. The third-order valence-electron chi connectivity index (χ3n) is 1.83. The molecule has 0 N–H and O–H groups in total. The molecule has 0 amide bonds. The highest BCUT2D eigenvalue weighted by atomic mass is 32.2. The van der Waals surface area contributed by atoms with Gasteiger partial charge in [-0.1, -0.05) is 0 Å². The normalized spacial score (nSPS) is 13.7. The Hall–Kier alpha value is -0.900. The van der Waals surface area contributed by atoms with Crippen LogP contribution in [0.15, 0.2) is 28.0 Å². The molecule has 0 spiro atoms. The average Bonchev–Trinajstić information content (AvgIpc) is 2.13. The van der Waals surface area contributed by atoms with Crippen LogP contribution in [0.5, 0.6) is 0 Å². The second-order valence-corrected chi connectivity index (χ2v) is 5.62. The van der Waals surface area contributed by atoms with Crippen molar-refractivity contribution in [1.82, 2.24) is 0 Å². The molecular weight excluding hydrogens is 306 g/mol. The second kappa shape index (κ2) is 4.34. The van der Waals surface area contributed by atoms with Gasteiger partial charge in [0.2, 0.25) is 0 Å². The highest BCUT2D eigenvalue weighted by Crippen LogP contribution is 2.36. The predicted octanol–water partition coefficient (Wildman–Crippen LogP) is 3.29. The largest absolute Gasteiger partial charge is 0.501 e. The Balaban J connectivity index is 3.51. The molecule has 0 saturated carbocycles. The predicted molar refractivity (Wildman–Crippen MR) is 51.9 cm³/mol. The van der Waals surface area contributed by atoms with Crippen LogP contribution in [0, 0.1) is 0 Å². The maximum Gasteiger partial charge on any atom is 0.501 e. The van der Waals surface area contributed by atoms with Gasteiger partial charge in [-0.15, -0.1) is 12.6 Å². The third-order valence-corrected chi connectivity index (χ3v) is 3.56. The van der Waals surface area contributed by atoms with Crippen molar-refractivity contribution >= 4 is 22.5 Å². The Labute approximate surface area is 103 Å². The van der Waals surface area contributed by atoms with Gasteiger partial charge in [-0.2, -0.15) is 26.3 Å². The first-order valence-electron chi connectivity index (χ1n) is 4.08. The number of rotatable bonds is 1. The summed E-state index contributed by atoms with van der Waals surface area (Å²) in [7, 11) is -5.83. The molecule has 0 bridgehead atoms. The van der Waals surface area contributed by atoms with E-state index < -0.39 is 36.9 Å². The molecule has 1 aromatic carbocycles. The van der Waals surface area contributed by atoms with E-state index in [1.807, 2.05) is 0 Å². The Kier molecular flexibility index (Phi) is 3.65. The first-order chi connectivity index (χ1) is 7.85. The summed E-state index contributed by atoms with van der Waals surface area (Å²) < 4.78 is 95.4. The van der Waals surface area contributed by atoms with Crippen molar-refractivity contribution in [3.63, 3.8) is 0 Å². The van der Waals surface area contributed by atoms with Crippen molar-refractivity contribution in [2.45, 2.75) is 21.5 Å². The fourth-order valence-electron chi connectivity index (χ4n) is 1.04. The minimum Gasteiger partial charge on any atom is -0.214 e. The molecule has 0 aliphatic heterocycles. The van der Waals surface area contributed by atoms with Crippen LogP contribution in [0.1, 0.15) is 5.56 Å². The number of thiol groups is 1. The molecule has 18 heavy (non-hydrogen) atoms. The second-order valence-electron chi connectivity index (χ2n) is 3.16. The molecule has 0 unspecified atom stereocenters. The molecule has 0 aromatic heterocycles. The fraction of sp³-hybridized carbons (Fsp3) is 0.250. The quantitative estimate of drug-likeness (QED) is 0.638. The molecule has 0 saturated heterocycles. The summed E-state index contributed by atoms with van der Waals surface area (Å²) in [6, 6.07) is 0.752. The molecule has 2 nitrogen and oxygen atoms in total. The zero-order valence-electron chi connectivity index (χ0n) is 8.17. The fourth-order valence-corrected chi connectivity index (χ4v) is 2.23. The van der Waals surface area contributed by atoms with Gasteiger partial charge in [0.05, 0.1) is 10.5 Å². The van der Waals surface area contributed by atoms with Crippen LogP contribution < -0.4 is 0 Å². The van der Waals surface area contributed by atoms with Gasteiger partial charge in [0, 0.05) is 4.90 Å². The van der Waals surface area contributed by atoms with Crippen molar-refractivity contribution in [2.75, 3.05) is 0 Å². The van der Waals surface area contributed by atoms with Gasteiger partial charge in [0.1, 0.15) is 0 Å². The van der Waals surface area contributed by atoms with E-state index in [1.54, 1.807) is 0 Å². The summed E-state index contributed by atoms with van der Waals surface area (Å²) in [4.78, 5) is -2.03. The van der Waals surface area contributed by atoms with Crippen LogP contribution in [0.2, 0.25) is 0 Å². The molecule has 0 heterocycles. The summed E-state index contributed by atoms with van der Waals surface area (Å²) >= 11 is 3.45. The molecule has 102 valence electrons. The van der Waals surface area contributed by atoms with Crippen molar-refractivity contribution in [3.8, 4) is 0 Å². The zero-order chi connectivity index (χ0) is 14.4. The number of halogens is 6. The van der Waals surface area contributed by atoms with Gasteiger partial charge in [-0.05, 0) is 18.2 Å². The number of benzene rings is 1. The Morgan fingerprint density at radius 1 is 0.944 bits per heavy atom. The molecule has 1 rings (SSSR count). The maximum atomic E-state index is 12.3. The number of hydrogen-bond donors (Lipinski definition) is 1. The van der Waals surface area contributed by atoms with Crippen LogP contribution in [0.3, 0.4) is 0 Å². The van der Waals surface area contributed by atoms with E-state index in [4.69, 9.17) is 0 Å². The van der Waals surface area contributed by atoms with Gasteiger partial charge < -0.3 is 0 Å². The van der Waals surface area contributed by atoms with Gasteiger partial charge >= 0.3 is 11.7 Å². The topological polar surface area (TPSA) is 34.1 Å². The molecule has 1 aromatic rings. The highest BCUT2D eigenvalue weighted by Gasteiger charge is 2.47. The lowest BCUT2D eigenvalue weighted by atomic mass is 10.2. The summed E-state index contributed by atoms with van der Waals surface area (Å²) in [5.74, 6) is 0. The summed E-state index contributed by atoms with van der Waals surface area (Å²) in [5, 5.41) is 0. The van der Waals surface area contributed by atoms with Crippen LogP contribution in [0.4, 0.5) is 26.3 Å². The number of hydrogen-bond acceptors (Lipinski definition) is 3. The first kappa shape index (κ1) is 15.2. The monoisotopic (exact) mass is 310 g/mol. The standard InChI is InChI=1S/C8H4F6O2S2/c9-7(10,11)4-1-5(17)3-6(2-4)18(15,16)8(12,13)14/h1-3,17H. The van der Waals surface area contributed by atoms with E-state index in [0.29, 0.717) is 12.1 Å². The number of alkyl halides is 6. The molecule has 10 heteroatoms. The van der Waals surface area contributed by atoms with Crippen molar-refractivity contribution in [1.29, 1.82) is 0 Å². The smallest absolute Gasteiger partial charge is 0.214 e. The van der Waals surface area contributed by atoms with E-state index in [0.717, 1.165) is 0 Å². The van der Waals surface area contributed by atoms with E-state index >= 15 is 0 Å². The Bertz CT molecular complexity index is 558. The van der Waals surface area contributed by atoms with Crippen LogP contribution in [0.25, 0.3) is 0 Å². The van der Waals surface area contributed by atoms with E-state index in [1.165, 1.54) is 0 Å². The molecular formula is C8H4F6O2S2. The summed E-state index contributed by atoms with van der Waals surface area (Å²) in [6.45, 7) is 0. The van der Waals surface area contributed by atoms with Crippen molar-refractivity contribution < 1.29 is 34.8 Å². The van der Waals surface area contributed by atoms with Gasteiger partial charge in [-0.25, -0.2) is 8.42 Å². The average molecular weight is 310 g/mol. The summed E-state index contributed by atoms with van der Waals surface area (Å²) in [5.41, 5.74) is -7.19.